The van der Waals surface area contributed by atoms with E-state index in [-0.39, 0.29) is 16.9 Å². The molecule has 0 aliphatic rings. The highest BCUT2D eigenvalue weighted by Crippen LogP contribution is 2.26. The average molecular weight is 232 g/mol. The van der Waals surface area contributed by atoms with E-state index < -0.39 is 11.6 Å². The van der Waals surface area contributed by atoms with Gasteiger partial charge in [-0.05, 0) is 31.2 Å². The van der Waals surface area contributed by atoms with Crippen LogP contribution in [0.25, 0.3) is 11.1 Å². The van der Waals surface area contributed by atoms with Crippen LogP contribution in [0.15, 0.2) is 42.5 Å². The summed E-state index contributed by atoms with van der Waals surface area (Å²) in [5, 5.41) is 0. The van der Waals surface area contributed by atoms with Crippen molar-refractivity contribution in [1.29, 1.82) is 0 Å². The van der Waals surface area contributed by atoms with Gasteiger partial charge in [-0.25, -0.2) is 8.78 Å². The molecule has 0 aliphatic heterocycles. The van der Waals surface area contributed by atoms with Gasteiger partial charge in [0.05, 0.1) is 0 Å². The lowest BCUT2D eigenvalue weighted by atomic mass is 10.0. The highest BCUT2D eigenvalue weighted by molar-refractivity contribution is 5.95. The van der Waals surface area contributed by atoms with Crippen LogP contribution in [0.5, 0.6) is 0 Å². The molecule has 2 aromatic rings. The molecule has 0 radical (unpaired) electrons. The van der Waals surface area contributed by atoms with E-state index in [1.165, 1.54) is 43.3 Å². The third kappa shape index (κ3) is 2.23. The molecule has 2 rings (SSSR count). The van der Waals surface area contributed by atoms with E-state index in [9.17, 15) is 13.6 Å². The number of hydrogen-bond acceptors (Lipinski definition) is 1. The minimum absolute atomic E-state index is 0.107. The first-order valence-electron chi connectivity index (χ1n) is 5.15. The minimum atomic E-state index is -0.542. The first-order valence-corrected chi connectivity index (χ1v) is 5.15. The number of Topliss-reactive ketones (excluding diaryl/α,β-unsaturated/α-hetero) is 1. The SMILES string of the molecule is CC(=O)c1ccc(F)c(-c2ccccc2F)c1. The molecule has 0 aromatic heterocycles. The molecule has 0 heterocycles. The van der Waals surface area contributed by atoms with Crippen molar-refractivity contribution in [2.75, 3.05) is 0 Å². The molecule has 0 aliphatic carbocycles. The number of carbonyl (C=O) groups is 1. The zero-order valence-corrected chi connectivity index (χ0v) is 9.21. The lowest BCUT2D eigenvalue weighted by Gasteiger charge is -2.06. The summed E-state index contributed by atoms with van der Waals surface area (Å²) in [7, 11) is 0. The summed E-state index contributed by atoms with van der Waals surface area (Å²) in [5.74, 6) is -1.23. The van der Waals surface area contributed by atoms with Crippen LogP contribution in [0.3, 0.4) is 0 Å². The molecule has 0 atom stereocenters. The Balaban J connectivity index is 2.63. The molecule has 1 nitrogen and oxygen atoms in total. The molecule has 86 valence electrons. The number of halogens is 2. The molecule has 0 spiro atoms. The van der Waals surface area contributed by atoms with Crippen molar-refractivity contribution < 1.29 is 13.6 Å². The smallest absolute Gasteiger partial charge is 0.159 e. The molecule has 0 saturated heterocycles. The van der Waals surface area contributed by atoms with E-state index in [0.29, 0.717) is 5.56 Å². The van der Waals surface area contributed by atoms with Crippen LogP contribution in [0.2, 0.25) is 0 Å². The van der Waals surface area contributed by atoms with Gasteiger partial charge in [-0.2, -0.15) is 0 Å². The van der Waals surface area contributed by atoms with Crippen molar-refractivity contribution in [3.63, 3.8) is 0 Å². The Morgan fingerprint density at radius 1 is 0.941 bits per heavy atom. The fourth-order valence-electron chi connectivity index (χ4n) is 1.63. The summed E-state index contributed by atoms with van der Waals surface area (Å²) < 4.78 is 27.2. The van der Waals surface area contributed by atoms with E-state index in [1.807, 2.05) is 0 Å². The second-order valence-corrected chi connectivity index (χ2v) is 3.73. The molecule has 0 N–H and O–H groups in total. The van der Waals surface area contributed by atoms with E-state index >= 15 is 0 Å². The Morgan fingerprint density at radius 3 is 2.24 bits per heavy atom. The van der Waals surface area contributed by atoms with Crippen LogP contribution in [-0.4, -0.2) is 5.78 Å². The van der Waals surface area contributed by atoms with Gasteiger partial charge in [-0.3, -0.25) is 4.79 Å². The maximum Gasteiger partial charge on any atom is 0.159 e. The van der Waals surface area contributed by atoms with E-state index in [0.717, 1.165) is 0 Å². The Hall–Kier alpha value is -2.03. The van der Waals surface area contributed by atoms with E-state index in [4.69, 9.17) is 0 Å². The van der Waals surface area contributed by atoms with Gasteiger partial charge in [0, 0.05) is 16.7 Å². The van der Waals surface area contributed by atoms with Crippen LogP contribution in [0.4, 0.5) is 8.78 Å². The lowest BCUT2D eigenvalue weighted by Crippen LogP contribution is -1.95. The average Bonchev–Trinajstić information content (AvgIpc) is 2.30. The van der Waals surface area contributed by atoms with E-state index in [1.54, 1.807) is 6.07 Å². The third-order valence-corrected chi connectivity index (χ3v) is 2.54. The standard InChI is InChI=1S/C14H10F2O/c1-9(17)10-6-7-14(16)12(8-10)11-4-2-3-5-13(11)15/h2-8H,1H3. The highest BCUT2D eigenvalue weighted by atomic mass is 19.1. The molecule has 0 fully saturated rings. The predicted molar refractivity (Wildman–Crippen MR) is 61.8 cm³/mol. The normalized spacial score (nSPS) is 10.3. The maximum absolute atomic E-state index is 13.6. The van der Waals surface area contributed by atoms with Crippen molar-refractivity contribution in [3.8, 4) is 11.1 Å². The van der Waals surface area contributed by atoms with Crippen molar-refractivity contribution in [3.05, 3.63) is 59.7 Å². The summed E-state index contributed by atoms with van der Waals surface area (Å²) in [6.45, 7) is 1.39. The lowest BCUT2D eigenvalue weighted by molar-refractivity contribution is 0.101. The molecule has 0 unspecified atom stereocenters. The van der Waals surface area contributed by atoms with Gasteiger partial charge in [0.25, 0.3) is 0 Å². The predicted octanol–water partition coefficient (Wildman–Crippen LogP) is 3.83. The first kappa shape index (κ1) is 11.5. The Morgan fingerprint density at radius 2 is 1.59 bits per heavy atom. The fraction of sp³-hybridized carbons (Fsp3) is 0.0714. The summed E-state index contributed by atoms with van der Waals surface area (Å²) >= 11 is 0. The topological polar surface area (TPSA) is 17.1 Å². The zero-order valence-electron chi connectivity index (χ0n) is 9.21. The van der Waals surface area contributed by atoms with Crippen LogP contribution in [0.1, 0.15) is 17.3 Å². The summed E-state index contributed by atoms with van der Waals surface area (Å²) in [6.07, 6.45) is 0. The van der Waals surface area contributed by atoms with Crippen LogP contribution in [-0.2, 0) is 0 Å². The second kappa shape index (κ2) is 4.45. The van der Waals surface area contributed by atoms with Gasteiger partial charge in [-0.15, -0.1) is 0 Å². The fourth-order valence-corrected chi connectivity index (χ4v) is 1.63. The molecule has 3 heteroatoms. The molecular weight excluding hydrogens is 222 g/mol. The Bertz CT molecular complexity index is 576. The van der Waals surface area contributed by atoms with Crippen LogP contribution < -0.4 is 0 Å². The summed E-state index contributed by atoms with van der Waals surface area (Å²) in [5.41, 5.74) is 0.633. The largest absolute Gasteiger partial charge is 0.295 e. The molecular formula is C14H10F2O. The monoisotopic (exact) mass is 232 g/mol. The van der Waals surface area contributed by atoms with Gasteiger partial charge in [0.15, 0.2) is 5.78 Å². The van der Waals surface area contributed by atoms with E-state index in [2.05, 4.69) is 0 Å². The molecule has 17 heavy (non-hydrogen) atoms. The van der Waals surface area contributed by atoms with Crippen molar-refractivity contribution in [2.24, 2.45) is 0 Å². The molecule has 2 aromatic carbocycles. The van der Waals surface area contributed by atoms with Gasteiger partial charge >= 0.3 is 0 Å². The number of benzene rings is 2. The first-order chi connectivity index (χ1) is 8.09. The second-order valence-electron chi connectivity index (χ2n) is 3.73. The quantitative estimate of drug-likeness (QED) is 0.719. The maximum atomic E-state index is 13.6. The highest BCUT2D eigenvalue weighted by Gasteiger charge is 2.11. The number of hydrogen-bond donors (Lipinski definition) is 0. The van der Waals surface area contributed by atoms with Crippen molar-refractivity contribution in [1.82, 2.24) is 0 Å². The summed E-state index contributed by atoms with van der Waals surface area (Å²) in [4.78, 5) is 11.2. The molecule has 0 bridgehead atoms. The molecule has 0 saturated carbocycles. The van der Waals surface area contributed by atoms with Crippen molar-refractivity contribution in [2.45, 2.75) is 6.92 Å². The van der Waals surface area contributed by atoms with Gasteiger partial charge in [0.2, 0.25) is 0 Å². The van der Waals surface area contributed by atoms with Gasteiger partial charge in [0.1, 0.15) is 11.6 Å². The Kier molecular flexibility index (Phi) is 3.00. The Labute approximate surface area is 97.7 Å². The van der Waals surface area contributed by atoms with Crippen molar-refractivity contribution >= 4 is 5.78 Å². The van der Waals surface area contributed by atoms with Gasteiger partial charge in [-0.1, -0.05) is 18.2 Å². The van der Waals surface area contributed by atoms with Crippen LogP contribution in [0, 0.1) is 11.6 Å². The summed E-state index contributed by atoms with van der Waals surface area (Å²) in [6, 6.07) is 9.84. The zero-order chi connectivity index (χ0) is 12.4. The minimum Gasteiger partial charge on any atom is -0.295 e. The number of carbonyl (C=O) groups excluding carboxylic acids is 1. The molecule has 0 amide bonds. The van der Waals surface area contributed by atoms with Crippen LogP contribution >= 0.6 is 0 Å². The third-order valence-electron chi connectivity index (χ3n) is 2.54. The van der Waals surface area contributed by atoms with Gasteiger partial charge < -0.3 is 0 Å². The number of rotatable bonds is 2. The number of ketones is 1.